The van der Waals surface area contributed by atoms with Gasteiger partial charge in [0.05, 0.1) is 11.8 Å². The molecule has 2 unspecified atom stereocenters. The number of aliphatic carboxylic acids is 1. The third kappa shape index (κ3) is 6.32. The van der Waals surface area contributed by atoms with Gasteiger partial charge in [-0.25, -0.2) is 4.98 Å². The molecule has 0 saturated carbocycles. The Morgan fingerprint density at radius 3 is 2.84 bits per heavy atom. The van der Waals surface area contributed by atoms with Crippen molar-refractivity contribution < 1.29 is 14.7 Å². The summed E-state index contributed by atoms with van der Waals surface area (Å²) < 4.78 is 0. The van der Waals surface area contributed by atoms with Crippen molar-refractivity contribution in [2.45, 2.75) is 70.1 Å². The van der Waals surface area contributed by atoms with Crippen LogP contribution in [0.4, 0.5) is 5.82 Å². The average molecular weight is 505 g/mol. The summed E-state index contributed by atoms with van der Waals surface area (Å²) in [6.07, 6.45) is 10.3. The summed E-state index contributed by atoms with van der Waals surface area (Å²) in [5, 5.41) is 16.4. The van der Waals surface area contributed by atoms with E-state index < -0.39 is 11.9 Å². The lowest BCUT2D eigenvalue weighted by atomic mass is 9.83. The molecule has 2 atom stereocenters. The van der Waals surface area contributed by atoms with Gasteiger partial charge in [-0.1, -0.05) is 24.3 Å². The first-order chi connectivity index (χ1) is 18.1. The summed E-state index contributed by atoms with van der Waals surface area (Å²) in [7, 11) is 0. The number of carboxylic acids is 1. The Morgan fingerprint density at radius 2 is 1.95 bits per heavy atom. The average Bonchev–Trinajstić information content (AvgIpc) is 2.93. The molecule has 2 aromatic rings. The monoisotopic (exact) mass is 504 g/mol. The smallest absolute Gasteiger partial charge is 0.312 e. The van der Waals surface area contributed by atoms with Crippen LogP contribution in [0.5, 0.6) is 0 Å². The number of hydrogen-bond acceptors (Lipinski definition) is 5. The zero-order valence-electron chi connectivity index (χ0n) is 21.8. The SMILES string of the molecule is O=C(NCC(C(=O)O)c1cccc2c1CCCC2)C1CCCN(CCCc2ccc3c(n2)NCCC3)C1. The molecule has 1 aliphatic carbocycles. The number of anilines is 1. The van der Waals surface area contributed by atoms with E-state index in [1.54, 1.807) is 0 Å². The van der Waals surface area contributed by atoms with Crippen LogP contribution in [0, 0.1) is 5.92 Å². The van der Waals surface area contributed by atoms with E-state index in [2.05, 4.69) is 33.7 Å². The molecule has 2 aliphatic heterocycles. The number of pyridine rings is 1. The maximum Gasteiger partial charge on any atom is 0.312 e. The van der Waals surface area contributed by atoms with Gasteiger partial charge in [-0.15, -0.1) is 0 Å². The first-order valence-corrected chi connectivity index (χ1v) is 14.1. The van der Waals surface area contributed by atoms with Crippen molar-refractivity contribution in [3.05, 3.63) is 58.3 Å². The zero-order valence-corrected chi connectivity index (χ0v) is 21.8. The molecule has 0 spiro atoms. The number of likely N-dealkylation sites (tertiary alicyclic amines) is 1. The first-order valence-electron chi connectivity index (χ1n) is 14.1. The van der Waals surface area contributed by atoms with Gasteiger partial charge in [-0.2, -0.15) is 0 Å². The fourth-order valence-corrected chi connectivity index (χ4v) is 6.28. The van der Waals surface area contributed by atoms with Crippen LogP contribution >= 0.6 is 0 Å². The minimum Gasteiger partial charge on any atom is -0.481 e. The van der Waals surface area contributed by atoms with Crippen LogP contribution in [-0.2, 0) is 35.3 Å². The highest BCUT2D eigenvalue weighted by Gasteiger charge is 2.29. The third-order valence-corrected chi connectivity index (χ3v) is 8.32. The summed E-state index contributed by atoms with van der Waals surface area (Å²) in [5.74, 6) is -0.609. The highest BCUT2D eigenvalue weighted by atomic mass is 16.4. The van der Waals surface area contributed by atoms with Gasteiger partial charge >= 0.3 is 5.97 Å². The number of piperidine rings is 1. The summed E-state index contributed by atoms with van der Waals surface area (Å²) >= 11 is 0. The summed E-state index contributed by atoms with van der Waals surface area (Å²) in [5.41, 5.74) is 5.77. The van der Waals surface area contributed by atoms with Crippen LogP contribution in [0.25, 0.3) is 0 Å². The minimum atomic E-state index is -0.865. The number of aryl methyl sites for hydroxylation is 3. The van der Waals surface area contributed by atoms with Gasteiger partial charge in [0.25, 0.3) is 0 Å². The number of carboxylic acid groups (broad SMARTS) is 1. The number of amides is 1. The molecule has 7 heteroatoms. The third-order valence-electron chi connectivity index (χ3n) is 8.32. The van der Waals surface area contributed by atoms with Gasteiger partial charge in [-0.3, -0.25) is 9.59 Å². The number of carbonyl (C=O) groups is 2. The molecule has 7 nitrogen and oxygen atoms in total. The highest BCUT2D eigenvalue weighted by Crippen LogP contribution is 2.30. The topological polar surface area (TPSA) is 94.6 Å². The van der Waals surface area contributed by atoms with Crippen LogP contribution in [0.2, 0.25) is 0 Å². The Balaban J connectivity index is 1.12. The Bertz CT molecular complexity index is 1120. The van der Waals surface area contributed by atoms with Gasteiger partial charge < -0.3 is 20.6 Å². The van der Waals surface area contributed by atoms with Crippen molar-refractivity contribution in [1.82, 2.24) is 15.2 Å². The van der Waals surface area contributed by atoms with E-state index in [-0.39, 0.29) is 18.4 Å². The Kier molecular flexibility index (Phi) is 8.39. The fourth-order valence-electron chi connectivity index (χ4n) is 6.28. The fraction of sp³-hybridized carbons (Fsp3) is 0.567. The van der Waals surface area contributed by atoms with E-state index in [1.807, 2.05) is 12.1 Å². The molecule has 1 aromatic heterocycles. The van der Waals surface area contributed by atoms with Gasteiger partial charge in [0.15, 0.2) is 0 Å². The standard InChI is InChI=1S/C30H40N4O3/c35-29(32-19-27(30(36)37)26-13-3-8-21-7-1-2-12-25(21)26)23-10-5-17-34(20-23)18-6-11-24-15-14-22-9-4-16-31-28(22)33-24/h3,8,13-15,23,27H,1-2,4-7,9-12,16-20H2,(H,31,33)(H,32,35)(H,36,37). The Labute approximate surface area is 220 Å². The summed E-state index contributed by atoms with van der Waals surface area (Å²) in [6.45, 7) is 3.85. The zero-order chi connectivity index (χ0) is 25.6. The van der Waals surface area contributed by atoms with Crippen molar-refractivity contribution in [2.24, 2.45) is 5.92 Å². The molecule has 1 saturated heterocycles. The molecule has 198 valence electrons. The number of rotatable bonds is 9. The van der Waals surface area contributed by atoms with E-state index in [0.29, 0.717) is 0 Å². The lowest BCUT2D eigenvalue weighted by Crippen LogP contribution is -2.44. The number of fused-ring (bicyclic) bond motifs is 2. The molecule has 3 N–H and O–H groups in total. The Hall–Kier alpha value is -2.93. The van der Waals surface area contributed by atoms with E-state index in [0.717, 1.165) is 101 Å². The number of nitrogens with one attached hydrogen (secondary N) is 2. The van der Waals surface area contributed by atoms with Gasteiger partial charge in [-0.05, 0) is 106 Å². The molecule has 3 aliphatic rings. The van der Waals surface area contributed by atoms with Crippen LogP contribution < -0.4 is 10.6 Å². The normalized spacial score (nSPS) is 20.3. The quantitative estimate of drug-likeness (QED) is 0.479. The van der Waals surface area contributed by atoms with Gasteiger partial charge in [0.1, 0.15) is 5.82 Å². The number of benzene rings is 1. The molecule has 1 amide bonds. The van der Waals surface area contributed by atoms with Crippen LogP contribution in [0.15, 0.2) is 30.3 Å². The van der Waals surface area contributed by atoms with Crippen molar-refractivity contribution in [2.75, 3.05) is 38.0 Å². The van der Waals surface area contributed by atoms with Crippen molar-refractivity contribution in [1.29, 1.82) is 0 Å². The van der Waals surface area contributed by atoms with Gasteiger partial charge in [0.2, 0.25) is 5.91 Å². The maximum atomic E-state index is 13.1. The van der Waals surface area contributed by atoms with Crippen LogP contribution in [-0.4, -0.2) is 59.6 Å². The van der Waals surface area contributed by atoms with E-state index in [1.165, 1.54) is 23.1 Å². The highest BCUT2D eigenvalue weighted by molar-refractivity contribution is 5.81. The second-order valence-corrected chi connectivity index (χ2v) is 10.9. The number of aromatic nitrogens is 1. The number of hydrogen-bond donors (Lipinski definition) is 3. The predicted molar refractivity (Wildman–Crippen MR) is 145 cm³/mol. The number of carbonyl (C=O) groups excluding carboxylic acids is 1. The molecule has 37 heavy (non-hydrogen) atoms. The van der Waals surface area contributed by atoms with Crippen molar-refractivity contribution >= 4 is 17.7 Å². The second kappa shape index (κ2) is 12.1. The molecular weight excluding hydrogens is 464 g/mol. The lowest BCUT2D eigenvalue weighted by Gasteiger charge is -2.32. The molecule has 1 fully saturated rings. The minimum absolute atomic E-state index is 0.0109. The Morgan fingerprint density at radius 1 is 1.08 bits per heavy atom. The predicted octanol–water partition coefficient (Wildman–Crippen LogP) is 3.95. The largest absolute Gasteiger partial charge is 0.481 e. The van der Waals surface area contributed by atoms with E-state index >= 15 is 0 Å². The summed E-state index contributed by atoms with van der Waals surface area (Å²) in [6, 6.07) is 10.4. The summed E-state index contributed by atoms with van der Waals surface area (Å²) in [4.78, 5) is 32.4. The molecule has 5 rings (SSSR count). The van der Waals surface area contributed by atoms with Crippen molar-refractivity contribution in [3.8, 4) is 0 Å². The van der Waals surface area contributed by atoms with Gasteiger partial charge in [0, 0.05) is 25.3 Å². The molecule has 0 radical (unpaired) electrons. The van der Waals surface area contributed by atoms with E-state index in [4.69, 9.17) is 4.98 Å². The molecule has 1 aromatic carbocycles. The molecular formula is C30H40N4O3. The number of nitrogens with zero attached hydrogens (tertiary/aromatic N) is 2. The van der Waals surface area contributed by atoms with E-state index in [9.17, 15) is 14.7 Å². The van der Waals surface area contributed by atoms with Crippen LogP contribution in [0.3, 0.4) is 0 Å². The first kappa shape index (κ1) is 25.7. The molecule has 0 bridgehead atoms. The second-order valence-electron chi connectivity index (χ2n) is 10.9. The lowest BCUT2D eigenvalue weighted by molar-refractivity contribution is -0.138. The van der Waals surface area contributed by atoms with Crippen LogP contribution in [0.1, 0.15) is 72.4 Å². The molecule has 3 heterocycles. The van der Waals surface area contributed by atoms with Crippen molar-refractivity contribution in [3.63, 3.8) is 0 Å². The maximum absolute atomic E-state index is 13.1.